The maximum Gasteiger partial charge on any atom is 0.297 e. The van der Waals surface area contributed by atoms with Gasteiger partial charge in [-0.05, 0) is 43.3 Å². The monoisotopic (exact) mass is 512 g/mol. The van der Waals surface area contributed by atoms with E-state index in [4.69, 9.17) is 4.18 Å². The molecule has 0 saturated heterocycles. The Morgan fingerprint density at radius 1 is 0.889 bits per heavy atom. The molecule has 0 aliphatic carbocycles. The summed E-state index contributed by atoms with van der Waals surface area (Å²) in [5.41, 5.74) is 7.52. The van der Waals surface area contributed by atoms with Crippen LogP contribution in [0.3, 0.4) is 0 Å². The van der Waals surface area contributed by atoms with Gasteiger partial charge in [0.05, 0.1) is 29.1 Å². The second-order valence-corrected chi connectivity index (χ2v) is 9.42. The molecule has 5 N–H and O–H groups in total. The highest BCUT2D eigenvalue weighted by atomic mass is 32.2. The first-order valence-electron chi connectivity index (χ1n) is 11.0. The number of hydrazone groups is 2. The molecule has 3 atom stereocenters. The third-order valence-corrected chi connectivity index (χ3v) is 6.27. The summed E-state index contributed by atoms with van der Waals surface area (Å²) in [5, 5.41) is 39.7. The van der Waals surface area contributed by atoms with E-state index in [1.165, 1.54) is 18.3 Å². The maximum atomic E-state index is 12.4. The Bertz CT molecular complexity index is 1250. The average Bonchev–Trinajstić information content (AvgIpc) is 2.90. The van der Waals surface area contributed by atoms with Crippen LogP contribution in [0.25, 0.3) is 0 Å². The largest absolute Gasteiger partial charge is 0.388 e. The van der Waals surface area contributed by atoms with Crippen molar-refractivity contribution in [2.75, 3.05) is 17.5 Å². The van der Waals surface area contributed by atoms with Crippen LogP contribution in [0.2, 0.25) is 0 Å². The van der Waals surface area contributed by atoms with Crippen LogP contribution in [0.1, 0.15) is 5.56 Å². The molecule has 10 nitrogen and oxygen atoms in total. The molecule has 0 spiro atoms. The summed E-state index contributed by atoms with van der Waals surface area (Å²) in [6.07, 6.45) is -4.15. The first-order valence-corrected chi connectivity index (χ1v) is 12.4. The van der Waals surface area contributed by atoms with Crippen LogP contribution < -0.4 is 10.9 Å². The van der Waals surface area contributed by atoms with Crippen molar-refractivity contribution in [2.45, 2.75) is 30.1 Å². The SMILES string of the molecule is Cc1ccc(S(=O)(=O)OC[C@H](O)[C@H](O)[C@H](O)C(/C=N\Nc2ccccc2)=N\Nc2ccccc2)cc1. The van der Waals surface area contributed by atoms with E-state index in [0.717, 1.165) is 5.56 Å². The lowest BCUT2D eigenvalue weighted by Crippen LogP contribution is -2.45. The molecular formula is C25H28N4O6S. The van der Waals surface area contributed by atoms with Crippen LogP contribution in [0, 0.1) is 6.92 Å². The number of benzene rings is 3. The number of aliphatic hydroxyl groups is 3. The molecule has 11 heteroatoms. The summed E-state index contributed by atoms with van der Waals surface area (Å²) in [5.74, 6) is 0. The Hall–Kier alpha value is -3.61. The molecule has 0 fully saturated rings. The third kappa shape index (κ3) is 7.97. The Balaban J connectivity index is 1.69. The van der Waals surface area contributed by atoms with Gasteiger partial charge in [0.15, 0.2) is 0 Å². The summed E-state index contributed by atoms with van der Waals surface area (Å²) in [4.78, 5) is -0.0937. The number of aryl methyl sites for hydroxylation is 1. The fourth-order valence-electron chi connectivity index (χ4n) is 2.92. The summed E-state index contributed by atoms with van der Waals surface area (Å²) >= 11 is 0. The van der Waals surface area contributed by atoms with Crippen molar-refractivity contribution in [3.8, 4) is 0 Å². The molecule has 0 aromatic heterocycles. The Labute approximate surface area is 209 Å². The fraction of sp³-hybridized carbons (Fsp3) is 0.200. The van der Waals surface area contributed by atoms with Crippen molar-refractivity contribution in [1.29, 1.82) is 0 Å². The molecule has 0 saturated carbocycles. The molecule has 3 aromatic carbocycles. The number of nitrogens with one attached hydrogen (secondary N) is 2. The van der Waals surface area contributed by atoms with E-state index < -0.39 is 35.0 Å². The van der Waals surface area contributed by atoms with E-state index in [0.29, 0.717) is 11.4 Å². The van der Waals surface area contributed by atoms with Gasteiger partial charge in [0.1, 0.15) is 24.0 Å². The molecule has 36 heavy (non-hydrogen) atoms. The van der Waals surface area contributed by atoms with Gasteiger partial charge >= 0.3 is 0 Å². The van der Waals surface area contributed by atoms with Crippen LogP contribution in [-0.2, 0) is 14.3 Å². The zero-order chi connectivity index (χ0) is 26.0. The van der Waals surface area contributed by atoms with E-state index >= 15 is 0 Å². The smallest absolute Gasteiger partial charge is 0.297 e. The van der Waals surface area contributed by atoms with Crippen LogP contribution >= 0.6 is 0 Å². The summed E-state index contributed by atoms with van der Waals surface area (Å²) in [6, 6.07) is 23.8. The molecule has 3 rings (SSSR count). The van der Waals surface area contributed by atoms with Crippen molar-refractivity contribution >= 4 is 33.4 Å². The molecule has 3 aromatic rings. The number of hydrogen-bond donors (Lipinski definition) is 5. The Kier molecular flexibility index (Phi) is 9.68. The van der Waals surface area contributed by atoms with E-state index in [1.807, 2.05) is 31.2 Å². The summed E-state index contributed by atoms with van der Waals surface area (Å²) < 4.78 is 29.6. The van der Waals surface area contributed by atoms with E-state index in [2.05, 4.69) is 21.1 Å². The predicted octanol–water partition coefficient (Wildman–Crippen LogP) is 2.35. The van der Waals surface area contributed by atoms with E-state index in [-0.39, 0.29) is 10.6 Å². The standard InChI is InChI=1S/C25H28N4O6S/c1-18-12-14-21(15-13-18)36(33,34)35-17-23(30)25(32)24(31)22(29-28-20-10-6-3-7-11-20)16-26-27-19-8-4-2-5-9-19/h2-16,23-25,27-28,30-32H,17H2,1H3/b26-16-,29-22-/t23-,24+,25-/m0/s1. The fourth-order valence-corrected chi connectivity index (χ4v) is 3.84. The Morgan fingerprint density at radius 3 is 2.03 bits per heavy atom. The highest BCUT2D eigenvalue weighted by molar-refractivity contribution is 7.86. The molecule has 0 amide bonds. The number of hydrogen-bond acceptors (Lipinski definition) is 10. The van der Waals surface area contributed by atoms with Crippen LogP contribution in [0.5, 0.6) is 0 Å². The van der Waals surface area contributed by atoms with E-state index in [1.54, 1.807) is 48.5 Å². The number of para-hydroxylation sites is 2. The van der Waals surface area contributed by atoms with Gasteiger partial charge in [-0.3, -0.25) is 15.0 Å². The summed E-state index contributed by atoms with van der Waals surface area (Å²) in [7, 11) is -4.17. The quantitative estimate of drug-likeness (QED) is 0.141. The first kappa shape index (κ1) is 27.0. The highest BCUT2D eigenvalue weighted by Gasteiger charge is 2.30. The van der Waals surface area contributed by atoms with E-state index in [9.17, 15) is 23.7 Å². The topological polar surface area (TPSA) is 153 Å². The molecule has 0 bridgehead atoms. The minimum Gasteiger partial charge on any atom is -0.388 e. The van der Waals surface area contributed by atoms with Gasteiger partial charge in [0, 0.05) is 0 Å². The van der Waals surface area contributed by atoms with Crippen molar-refractivity contribution in [1.82, 2.24) is 0 Å². The number of rotatable bonds is 12. The Morgan fingerprint density at radius 2 is 1.44 bits per heavy atom. The van der Waals surface area contributed by atoms with Gasteiger partial charge in [-0.25, -0.2) is 0 Å². The number of anilines is 2. The molecule has 0 radical (unpaired) electrons. The minimum atomic E-state index is -4.17. The molecule has 0 unspecified atom stereocenters. The summed E-state index contributed by atoms with van der Waals surface area (Å²) in [6.45, 7) is 1.02. The van der Waals surface area contributed by atoms with Crippen LogP contribution in [0.4, 0.5) is 11.4 Å². The predicted molar refractivity (Wildman–Crippen MR) is 138 cm³/mol. The molecule has 0 heterocycles. The number of nitrogens with zero attached hydrogens (tertiary/aromatic N) is 2. The molecule has 0 aliphatic rings. The minimum absolute atomic E-state index is 0.0937. The lowest BCUT2D eigenvalue weighted by atomic mass is 10.0. The maximum absolute atomic E-state index is 12.4. The van der Waals surface area contributed by atoms with Crippen LogP contribution in [0.15, 0.2) is 100 Å². The molecule has 0 aliphatic heterocycles. The van der Waals surface area contributed by atoms with Crippen molar-refractivity contribution in [3.63, 3.8) is 0 Å². The zero-order valence-corrected chi connectivity index (χ0v) is 20.3. The van der Waals surface area contributed by atoms with Crippen molar-refractivity contribution in [2.24, 2.45) is 10.2 Å². The van der Waals surface area contributed by atoms with Gasteiger partial charge in [-0.1, -0.05) is 54.1 Å². The van der Waals surface area contributed by atoms with Crippen molar-refractivity contribution < 1.29 is 27.9 Å². The van der Waals surface area contributed by atoms with Crippen molar-refractivity contribution in [3.05, 3.63) is 90.5 Å². The third-order valence-electron chi connectivity index (χ3n) is 4.98. The lowest BCUT2D eigenvalue weighted by Gasteiger charge is -2.22. The molecular weight excluding hydrogens is 484 g/mol. The van der Waals surface area contributed by atoms with Gasteiger partial charge < -0.3 is 15.3 Å². The lowest BCUT2D eigenvalue weighted by molar-refractivity contribution is -0.0497. The highest BCUT2D eigenvalue weighted by Crippen LogP contribution is 2.15. The van der Waals surface area contributed by atoms with Gasteiger partial charge in [0.25, 0.3) is 10.1 Å². The number of aliphatic hydroxyl groups excluding tert-OH is 3. The zero-order valence-electron chi connectivity index (χ0n) is 19.5. The van der Waals surface area contributed by atoms with Gasteiger partial charge in [-0.2, -0.15) is 18.6 Å². The van der Waals surface area contributed by atoms with Gasteiger partial charge in [-0.15, -0.1) is 0 Å². The average molecular weight is 513 g/mol. The second kappa shape index (κ2) is 12.9. The van der Waals surface area contributed by atoms with Gasteiger partial charge in [0.2, 0.25) is 0 Å². The second-order valence-electron chi connectivity index (χ2n) is 7.80. The molecule has 190 valence electrons. The first-order chi connectivity index (χ1) is 17.3. The van der Waals surface area contributed by atoms with Crippen LogP contribution in [-0.4, -0.2) is 60.6 Å². The normalized spacial score (nSPS) is 14.8.